The van der Waals surface area contributed by atoms with Gasteiger partial charge in [0.15, 0.2) is 5.79 Å². The first-order valence-electron chi connectivity index (χ1n) is 5.27. The van der Waals surface area contributed by atoms with Crippen molar-refractivity contribution >= 4 is 23.4 Å². The molecule has 0 N–H and O–H groups in total. The fraction of sp³-hybridized carbons (Fsp3) is 0.417. The molecule has 0 spiro atoms. The van der Waals surface area contributed by atoms with Crippen molar-refractivity contribution in [3.63, 3.8) is 0 Å². The van der Waals surface area contributed by atoms with E-state index >= 15 is 0 Å². The van der Waals surface area contributed by atoms with Crippen LogP contribution in [0.15, 0.2) is 17.5 Å². The van der Waals surface area contributed by atoms with Gasteiger partial charge in [0.1, 0.15) is 0 Å². The van der Waals surface area contributed by atoms with E-state index in [1.807, 2.05) is 18.4 Å². The van der Waals surface area contributed by atoms with E-state index in [2.05, 4.69) is 4.74 Å². The van der Waals surface area contributed by atoms with Gasteiger partial charge in [-0.3, -0.25) is 0 Å². The zero-order valence-electron chi connectivity index (χ0n) is 9.76. The molecule has 0 radical (unpaired) electrons. The van der Waals surface area contributed by atoms with E-state index in [0.717, 1.165) is 10.4 Å². The first kappa shape index (κ1) is 12.3. The van der Waals surface area contributed by atoms with Crippen molar-refractivity contribution in [1.82, 2.24) is 0 Å². The number of thiophene rings is 1. The Bertz CT molecular complexity index is 429. The molecule has 1 aliphatic rings. The molecule has 5 heteroatoms. The Balaban J connectivity index is 2.10. The summed E-state index contributed by atoms with van der Waals surface area (Å²) in [5.41, 5.74) is 0.976. The Hall–Kier alpha value is -1.17. The lowest BCUT2D eigenvalue weighted by Gasteiger charge is -2.20. The Kier molecular flexibility index (Phi) is 3.61. The highest BCUT2D eigenvalue weighted by atomic mass is 32.1. The summed E-state index contributed by atoms with van der Waals surface area (Å²) < 4.78 is 15.6. The van der Waals surface area contributed by atoms with E-state index in [1.54, 1.807) is 6.08 Å². The lowest BCUT2D eigenvalue weighted by molar-refractivity contribution is -0.149. The molecule has 0 saturated carbocycles. The zero-order valence-corrected chi connectivity index (χ0v) is 10.6. The Labute approximate surface area is 104 Å². The van der Waals surface area contributed by atoms with Crippen LogP contribution in [0.1, 0.15) is 17.4 Å². The van der Waals surface area contributed by atoms with Crippen LogP contribution in [0.4, 0.5) is 0 Å². The molecule has 1 saturated heterocycles. The molecule has 2 heterocycles. The molecule has 0 bridgehead atoms. The molecule has 2 rings (SSSR count). The maximum Gasteiger partial charge on any atom is 0.330 e. The van der Waals surface area contributed by atoms with Crippen molar-refractivity contribution < 1.29 is 19.0 Å². The molecular formula is C12H14O4S. The second kappa shape index (κ2) is 5.00. The number of carbonyl (C=O) groups is 1. The maximum atomic E-state index is 11.0. The maximum absolute atomic E-state index is 11.0. The number of carbonyl (C=O) groups excluding carboxylic acids is 1. The zero-order chi connectivity index (χ0) is 12.3. The van der Waals surface area contributed by atoms with Crippen LogP contribution in [-0.4, -0.2) is 26.3 Å². The smallest absolute Gasteiger partial charge is 0.330 e. The minimum absolute atomic E-state index is 0.362. The average Bonchev–Trinajstić information content (AvgIpc) is 2.95. The third-order valence-electron chi connectivity index (χ3n) is 2.57. The Morgan fingerprint density at radius 1 is 1.53 bits per heavy atom. The van der Waals surface area contributed by atoms with Gasteiger partial charge in [-0.25, -0.2) is 4.79 Å². The molecule has 1 aliphatic heterocycles. The van der Waals surface area contributed by atoms with Crippen LogP contribution in [-0.2, 0) is 24.8 Å². The quantitative estimate of drug-likeness (QED) is 0.612. The summed E-state index contributed by atoms with van der Waals surface area (Å²) in [7, 11) is 1.35. The third kappa shape index (κ3) is 2.74. The van der Waals surface area contributed by atoms with Crippen LogP contribution in [0.5, 0.6) is 0 Å². The van der Waals surface area contributed by atoms with E-state index in [9.17, 15) is 4.79 Å². The van der Waals surface area contributed by atoms with Crippen molar-refractivity contribution in [2.45, 2.75) is 12.7 Å². The number of ether oxygens (including phenoxy) is 3. The summed E-state index contributed by atoms with van der Waals surface area (Å²) in [6, 6.07) is 1.95. The number of esters is 1. The van der Waals surface area contributed by atoms with Crippen LogP contribution in [0, 0.1) is 0 Å². The van der Waals surface area contributed by atoms with E-state index in [4.69, 9.17) is 9.47 Å². The number of hydrogen-bond donors (Lipinski definition) is 0. The van der Waals surface area contributed by atoms with E-state index in [-0.39, 0.29) is 5.97 Å². The third-order valence-corrected chi connectivity index (χ3v) is 3.47. The average molecular weight is 254 g/mol. The van der Waals surface area contributed by atoms with Gasteiger partial charge in [0.05, 0.1) is 20.3 Å². The number of hydrogen-bond acceptors (Lipinski definition) is 5. The van der Waals surface area contributed by atoms with Crippen molar-refractivity contribution in [2.24, 2.45) is 0 Å². The second-order valence-electron chi connectivity index (χ2n) is 3.74. The highest BCUT2D eigenvalue weighted by Crippen LogP contribution is 2.33. The summed E-state index contributed by atoms with van der Waals surface area (Å²) in [6.45, 7) is 3.12. The van der Waals surface area contributed by atoms with Gasteiger partial charge < -0.3 is 14.2 Å². The Morgan fingerprint density at radius 2 is 2.24 bits per heavy atom. The summed E-state index contributed by atoms with van der Waals surface area (Å²) in [6.07, 6.45) is 3.12. The molecule has 1 aromatic rings. The van der Waals surface area contributed by atoms with Crippen LogP contribution >= 0.6 is 11.3 Å². The second-order valence-corrected chi connectivity index (χ2v) is 4.68. The topological polar surface area (TPSA) is 44.8 Å². The molecule has 0 amide bonds. The van der Waals surface area contributed by atoms with E-state index in [1.165, 1.54) is 24.5 Å². The molecule has 0 aliphatic carbocycles. The van der Waals surface area contributed by atoms with Gasteiger partial charge >= 0.3 is 5.97 Å². The number of methoxy groups -OCH3 is 1. The predicted molar refractivity (Wildman–Crippen MR) is 64.6 cm³/mol. The van der Waals surface area contributed by atoms with Crippen LogP contribution in [0.25, 0.3) is 6.08 Å². The van der Waals surface area contributed by atoms with Crippen LogP contribution in [0.3, 0.4) is 0 Å². The predicted octanol–water partition coefficient (Wildman–Crippen LogP) is 2.15. The molecule has 1 fully saturated rings. The highest BCUT2D eigenvalue weighted by Gasteiger charge is 2.33. The van der Waals surface area contributed by atoms with Crippen molar-refractivity contribution in [2.75, 3.05) is 20.3 Å². The van der Waals surface area contributed by atoms with Gasteiger partial charge in [-0.05, 0) is 24.4 Å². The minimum atomic E-state index is -0.645. The standard InChI is InChI=1S/C12H14O4S/c1-12(15-5-6-16-12)9-7-10(17-8-9)3-4-11(13)14-2/h3-4,7-8H,5-6H2,1-2H3/b4-3+. The van der Waals surface area contributed by atoms with Crippen molar-refractivity contribution in [1.29, 1.82) is 0 Å². The summed E-state index contributed by atoms with van der Waals surface area (Å²) in [4.78, 5) is 11.9. The molecule has 1 aromatic heterocycles. The summed E-state index contributed by atoms with van der Waals surface area (Å²) in [5, 5.41) is 1.97. The van der Waals surface area contributed by atoms with Crippen LogP contribution in [0.2, 0.25) is 0 Å². The van der Waals surface area contributed by atoms with Gasteiger partial charge in [0.25, 0.3) is 0 Å². The minimum Gasteiger partial charge on any atom is -0.466 e. The monoisotopic (exact) mass is 254 g/mol. The lowest BCUT2D eigenvalue weighted by atomic mass is 10.1. The van der Waals surface area contributed by atoms with E-state index < -0.39 is 5.79 Å². The summed E-state index contributed by atoms with van der Waals surface area (Å²) >= 11 is 1.53. The molecule has 4 nitrogen and oxygen atoms in total. The fourth-order valence-electron chi connectivity index (χ4n) is 1.58. The lowest BCUT2D eigenvalue weighted by Crippen LogP contribution is -2.21. The van der Waals surface area contributed by atoms with Gasteiger partial charge in [0.2, 0.25) is 0 Å². The van der Waals surface area contributed by atoms with Gasteiger partial charge in [-0.2, -0.15) is 0 Å². The Morgan fingerprint density at radius 3 is 2.88 bits per heavy atom. The molecule has 17 heavy (non-hydrogen) atoms. The fourth-order valence-corrected chi connectivity index (χ4v) is 2.46. The SMILES string of the molecule is COC(=O)/C=C/c1cc(C2(C)OCCO2)cs1. The van der Waals surface area contributed by atoms with Gasteiger partial charge in [-0.1, -0.05) is 0 Å². The van der Waals surface area contributed by atoms with Crippen LogP contribution < -0.4 is 0 Å². The molecule has 92 valence electrons. The molecule has 0 atom stereocenters. The number of rotatable bonds is 3. The molecular weight excluding hydrogens is 240 g/mol. The van der Waals surface area contributed by atoms with Crippen molar-refractivity contribution in [3.8, 4) is 0 Å². The van der Waals surface area contributed by atoms with Gasteiger partial charge in [0, 0.05) is 16.5 Å². The molecule has 0 aromatic carbocycles. The van der Waals surface area contributed by atoms with Crippen molar-refractivity contribution in [3.05, 3.63) is 28.0 Å². The normalized spacial score (nSPS) is 18.7. The largest absolute Gasteiger partial charge is 0.466 e. The van der Waals surface area contributed by atoms with Gasteiger partial charge in [-0.15, -0.1) is 11.3 Å². The first-order chi connectivity index (χ1) is 8.14. The highest BCUT2D eigenvalue weighted by molar-refractivity contribution is 7.11. The summed E-state index contributed by atoms with van der Waals surface area (Å²) in [5.74, 6) is -1.01. The first-order valence-corrected chi connectivity index (χ1v) is 6.15. The molecule has 0 unspecified atom stereocenters. The van der Waals surface area contributed by atoms with E-state index in [0.29, 0.717) is 13.2 Å².